The lowest BCUT2D eigenvalue weighted by Gasteiger charge is -2.04. The van der Waals surface area contributed by atoms with Gasteiger partial charge in [0.05, 0.1) is 0 Å². The largest absolute Gasteiger partial charge is 0.364 e. The molecule has 9 heteroatoms. The van der Waals surface area contributed by atoms with Gasteiger partial charge in [0.25, 0.3) is 11.5 Å². The molecule has 26 heavy (non-hydrogen) atoms. The molecular weight excluding hydrogens is 357 g/mol. The summed E-state index contributed by atoms with van der Waals surface area (Å²) >= 11 is 1.13. The SMILES string of the molecule is Cn1nc(C(N)=O)c(-c2nc(C#N)c(Cc3cccc(F)c3)s2)cc1=O. The number of primary amides is 1. The van der Waals surface area contributed by atoms with E-state index >= 15 is 0 Å². The zero-order chi connectivity index (χ0) is 18.8. The molecule has 130 valence electrons. The van der Waals surface area contributed by atoms with Gasteiger partial charge in [0, 0.05) is 30.0 Å². The van der Waals surface area contributed by atoms with Crippen molar-refractivity contribution < 1.29 is 9.18 Å². The van der Waals surface area contributed by atoms with Gasteiger partial charge in [-0.05, 0) is 17.7 Å². The van der Waals surface area contributed by atoms with Gasteiger partial charge in [0.1, 0.15) is 16.9 Å². The van der Waals surface area contributed by atoms with Crippen LogP contribution in [0, 0.1) is 17.1 Å². The number of nitrogens with zero attached hydrogens (tertiary/aromatic N) is 4. The Bertz CT molecular complexity index is 1110. The maximum absolute atomic E-state index is 13.4. The number of thiazole rings is 1. The number of hydrogen-bond donors (Lipinski definition) is 1. The summed E-state index contributed by atoms with van der Waals surface area (Å²) in [6.07, 6.45) is 0.294. The van der Waals surface area contributed by atoms with Crippen LogP contribution in [0.25, 0.3) is 10.6 Å². The molecule has 1 amide bonds. The number of hydrogen-bond acceptors (Lipinski definition) is 6. The van der Waals surface area contributed by atoms with Crippen molar-refractivity contribution in [2.24, 2.45) is 12.8 Å². The zero-order valence-corrected chi connectivity index (χ0v) is 14.4. The number of carbonyl (C=O) groups excluding carboxylic acids is 1. The summed E-state index contributed by atoms with van der Waals surface area (Å²) in [6, 6.07) is 9.20. The average Bonchev–Trinajstić information content (AvgIpc) is 2.99. The van der Waals surface area contributed by atoms with Gasteiger partial charge >= 0.3 is 0 Å². The van der Waals surface area contributed by atoms with E-state index in [-0.39, 0.29) is 27.8 Å². The highest BCUT2D eigenvalue weighted by atomic mass is 32.1. The van der Waals surface area contributed by atoms with Gasteiger partial charge in [0.15, 0.2) is 11.4 Å². The fourth-order valence-electron chi connectivity index (χ4n) is 2.39. The molecule has 0 aliphatic heterocycles. The molecule has 0 fully saturated rings. The van der Waals surface area contributed by atoms with E-state index in [9.17, 15) is 19.2 Å². The third kappa shape index (κ3) is 3.36. The van der Waals surface area contributed by atoms with Crippen LogP contribution in [-0.2, 0) is 13.5 Å². The maximum atomic E-state index is 13.4. The monoisotopic (exact) mass is 369 g/mol. The Morgan fingerprint density at radius 3 is 2.85 bits per heavy atom. The summed E-state index contributed by atoms with van der Waals surface area (Å²) < 4.78 is 14.4. The molecule has 0 aliphatic rings. The number of amides is 1. The summed E-state index contributed by atoms with van der Waals surface area (Å²) in [5.41, 5.74) is 5.79. The minimum atomic E-state index is -0.809. The summed E-state index contributed by atoms with van der Waals surface area (Å²) in [5.74, 6) is -1.19. The number of halogens is 1. The summed E-state index contributed by atoms with van der Waals surface area (Å²) in [6.45, 7) is 0. The molecule has 0 atom stereocenters. The van der Waals surface area contributed by atoms with Gasteiger partial charge in [-0.1, -0.05) is 12.1 Å². The molecular formula is C17H12FN5O2S. The summed E-state index contributed by atoms with van der Waals surface area (Å²) in [5, 5.41) is 13.5. The van der Waals surface area contributed by atoms with Crippen LogP contribution in [0.2, 0.25) is 0 Å². The molecule has 2 N–H and O–H groups in total. The second kappa shape index (κ2) is 6.85. The molecule has 3 rings (SSSR count). The fourth-order valence-corrected chi connectivity index (χ4v) is 3.45. The molecule has 2 aromatic heterocycles. The lowest BCUT2D eigenvalue weighted by Crippen LogP contribution is -2.25. The molecule has 0 aliphatic carbocycles. The van der Waals surface area contributed by atoms with Crippen LogP contribution in [0.3, 0.4) is 0 Å². The lowest BCUT2D eigenvalue weighted by molar-refractivity contribution is 0.0994. The van der Waals surface area contributed by atoms with Crippen molar-refractivity contribution in [3.63, 3.8) is 0 Å². The van der Waals surface area contributed by atoms with Crippen LogP contribution in [0.1, 0.15) is 26.6 Å². The van der Waals surface area contributed by atoms with Gasteiger partial charge in [0.2, 0.25) is 0 Å². The normalized spacial score (nSPS) is 10.5. The van der Waals surface area contributed by atoms with Crippen LogP contribution in [-0.4, -0.2) is 20.7 Å². The fraction of sp³-hybridized carbons (Fsp3) is 0.118. The average molecular weight is 369 g/mol. The Hall–Kier alpha value is -3.38. The van der Waals surface area contributed by atoms with Crippen LogP contribution < -0.4 is 11.3 Å². The Morgan fingerprint density at radius 1 is 1.42 bits per heavy atom. The van der Waals surface area contributed by atoms with Gasteiger partial charge < -0.3 is 5.73 Å². The standard InChI is InChI=1S/C17H12FN5O2S/c1-23-14(24)7-11(15(22-23)16(20)25)17-21-12(8-19)13(26-17)6-9-3-2-4-10(18)5-9/h2-5,7H,6H2,1H3,(H2,20,25). The molecule has 0 saturated heterocycles. The van der Waals surface area contributed by atoms with Gasteiger partial charge in [-0.3, -0.25) is 9.59 Å². The molecule has 7 nitrogen and oxygen atoms in total. The van der Waals surface area contributed by atoms with Crippen LogP contribution in [0.15, 0.2) is 35.1 Å². The van der Waals surface area contributed by atoms with Crippen molar-refractivity contribution >= 4 is 17.2 Å². The molecule has 0 radical (unpaired) electrons. The molecule has 0 bridgehead atoms. The number of aryl methyl sites for hydroxylation is 1. The highest BCUT2D eigenvalue weighted by Gasteiger charge is 2.20. The minimum Gasteiger partial charge on any atom is -0.364 e. The van der Waals surface area contributed by atoms with Gasteiger partial charge in [-0.2, -0.15) is 10.4 Å². The molecule has 0 saturated carbocycles. The first-order chi connectivity index (χ1) is 12.4. The Morgan fingerprint density at radius 2 is 2.19 bits per heavy atom. The predicted molar refractivity (Wildman–Crippen MR) is 93.0 cm³/mol. The molecule has 1 aromatic carbocycles. The lowest BCUT2D eigenvalue weighted by atomic mass is 10.1. The highest BCUT2D eigenvalue weighted by Crippen LogP contribution is 2.30. The van der Waals surface area contributed by atoms with E-state index in [2.05, 4.69) is 10.1 Å². The van der Waals surface area contributed by atoms with Crippen molar-refractivity contribution in [1.82, 2.24) is 14.8 Å². The Kier molecular flexibility index (Phi) is 4.60. The van der Waals surface area contributed by atoms with E-state index in [0.29, 0.717) is 16.9 Å². The first kappa shape index (κ1) is 17.4. The van der Waals surface area contributed by atoms with E-state index in [0.717, 1.165) is 16.0 Å². The Labute approximate surface area is 151 Å². The number of rotatable bonds is 4. The van der Waals surface area contributed by atoms with Crippen LogP contribution in [0.5, 0.6) is 0 Å². The number of nitriles is 1. The third-order valence-electron chi connectivity index (χ3n) is 3.61. The molecule has 2 heterocycles. The summed E-state index contributed by atoms with van der Waals surface area (Å²) in [7, 11) is 1.40. The first-order valence-corrected chi connectivity index (χ1v) is 8.23. The van der Waals surface area contributed by atoms with Crippen LogP contribution in [0.4, 0.5) is 4.39 Å². The number of benzene rings is 1. The minimum absolute atomic E-state index is 0.109. The van der Waals surface area contributed by atoms with Crippen molar-refractivity contribution in [1.29, 1.82) is 5.26 Å². The second-order valence-electron chi connectivity index (χ2n) is 5.44. The van der Waals surface area contributed by atoms with E-state index in [1.54, 1.807) is 12.1 Å². The van der Waals surface area contributed by atoms with Crippen molar-refractivity contribution in [3.8, 4) is 16.6 Å². The van der Waals surface area contributed by atoms with E-state index in [1.807, 2.05) is 6.07 Å². The number of aromatic nitrogens is 3. The van der Waals surface area contributed by atoms with Gasteiger partial charge in [-0.25, -0.2) is 14.1 Å². The smallest absolute Gasteiger partial charge is 0.269 e. The van der Waals surface area contributed by atoms with Crippen LogP contribution >= 0.6 is 11.3 Å². The van der Waals surface area contributed by atoms with E-state index in [1.165, 1.54) is 25.2 Å². The third-order valence-corrected chi connectivity index (χ3v) is 4.70. The van der Waals surface area contributed by atoms with Crippen molar-refractivity contribution in [2.75, 3.05) is 0 Å². The predicted octanol–water partition coefficient (Wildman–Crippen LogP) is 1.60. The quantitative estimate of drug-likeness (QED) is 0.750. The second-order valence-corrected chi connectivity index (χ2v) is 6.53. The number of carbonyl (C=O) groups is 1. The Balaban J connectivity index is 2.10. The zero-order valence-electron chi connectivity index (χ0n) is 13.6. The van der Waals surface area contributed by atoms with Crippen molar-refractivity contribution in [2.45, 2.75) is 6.42 Å². The first-order valence-electron chi connectivity index (χ1n) is 7.42. The topological polar surface area (TPSA) is 115 Å². The molecule has 0 unspecified atom stereocenters. The molecule has 0 spiro atoms. The number of nitrogens with two attached hydrogens (primary N) is 1. The van der Waals surface area contributed by atoms with Gasteiger partial charge in [-0.15, -0.1) is 11.3 Å². The summed E-state index contributed by atoms with van der Waals surface area (Å²) in [4.78, 5) is 28.3. The van der Waals surface area contributed by atoms with E-state index in [4.69, 9.17) is 5.73 Å². The van der Waals surface area contributed by atoms with E-state index < -0.39 is 11.5 Å². The highest BCUT2D eigenvalue weighted by molar-refractivity contribution is 7.15. The molecule has 3 aromatic rings. The maximum Gasteiger partial charge on any atom is 0.269 e. The van der Waals surface area contributed by atoms with Crippen molar-refractivity contribution in [3.05, 3.63) is 68.3 Å².